The van der Waals surface area contributed by atoms with E-state index in [1.807, 2.05) is 11.8 Å². The number of urea groups is 1. The zero-order chi connectivity index (χ0) is 15.2. The molecule has 1 fully saturated rings. The Labute approximate surface area is 132 Å². The van der Waals surface area contributed by atoms with Gasteiger partial charge in [0, 0.05) is 17.3 Å². The zero-order valence-corrected chi connectivity index (χ0v) is 13.0. The summed E-state index contributed by atoms with van der Waals surface area (Å²) in [7, 11) is 0. The number of thioether (sulfide) groups is 1. The Kier molecular flexibility index (Phi) is 5.76. The van der Waals surface area contributed by atoms with Crippen LogP contribution >= 0.6 is 23.4 Å². The molecule has 2 amide bonds. The van der Waals surface area contributed by atoms with Gasteiger partial charge in [-0.25, -0.2) is 9.59 Å². The van der Waals surface area contributed by atoms with Gasteiger partial charge in [-0.3, -0.25) is 0 Å². The van der Waals surface area contributed by atoms with Crippen LogP contribution in [-0.2, 0) is 0 Å². The van der Waals surface area contributed by atoms with Gasteiger partial charge in [0.2, 0.25) is 0 Å². The number of nitrogens with one attached hydrogen (secondary N) is 2. The van der Waals surface area contributed by atoms with Gasteiger partial charge in [-0.15, -0.1) is 0 Å². The number of rotatable bonds is 4. The van der Waals surface area contributed by atoms with Crippen molar-refractivity contribution in [3.8, 4) is 0 Å². The largest absolute Gasteiger partial charge is 0.478 e. The average molecular weight is 329 g/mol. The molecule has 1 aliphatic rings. The minimum Gasteiger partial charge on any atom is -0.478 e. The Balaban J connectivity index is 1.88. The maximum absolute atomic E-state index is 11.8. The highest BCUT2D eigenvalue weighted by molar-refractivity contribution is 7.99. The van der Waals surface area contributed by atoms with E-state index < -0.39 is 5.97 Å². The van der Waals surface area contributed by atoms with Crippen LogP contribution in [0.3, 0.4) is 0 Å². The lowest BCUT2D eigenvalue weighted by Crippen LogP contribution is -2.34. The first-order valence-electron chi connectivity index (χ1n) is 6.71. The van der Waals surface area contributed by atoms with Crippen LogP contribution in [0.2, 0.25) is 5.02 Å². The van der Waals surface area contributed by atoms with E-state index in [-0.39, 0.29) is 16.6 Å². The van der Waals surface area contributed by atoms with E-state index in [0.717, 1.165) is 24.3 Å². The predicted molar refractivity (Wildman–Crippen MR) is 85.5 cm³/mol. The van der Waals surface area contributed by atoms with E-state index in [1.54, 1.807) is 0 Å². The molecule has 0 atom stereocenters. The van der Waals surface area contributed by atoms with Crippen molar-refractivity contribution in [1.82, 2.24) is 5.32 Å². The second-order valence-electron chi connectivity index (χ2n) is 4.92. The molecule has 0 radical (unpaired) electrons. The Morgan fingerprint density at radius 2 is 2.00 bits per heavy atom. The van der Waals surface area contributed by atoms with Crippen molar-refractivity contribution in [2.75, 3.05) is 23.4 Å². The molecule has 1 aliphatic heterocycles. The number of carbonyl (C=O) groups excluding carboxylic acids is 1. The van der Waals surface area contributed by atoms with Crippen LogP contribution in [-0.4, -0.2) is 35.2 Å². The topological polar surface area (TPSA) is 78.4 Å². The van der Waals surface area contributed by atoms with Crippen molar-refractivity contribution in [2.45, 2.75) is 12.8 Å². The SMILES string of the molecule is O=C(NCC1CCSCC1)Nc1cc(Cl)cc(C(=O)O)c1. The summed E-state index contributed by atoms with van der Waals surface area (Å²) in [6, 6.07) is 3.90. The highest BCUT2D eigenvalue weighted by Crippen LogP contribution is 2.22. The molecule has 0 aromatic heterocycles. The maximum atomic E-state index is 11.8. The first-order chi connectivity index (χ1) is 10.0. The molecule has 5 nitrogen and oxygen atoms in total. The number of anilines is 1. The van der Waals surface area contributed by atoms with Crippen LogP contribution in [0.5, 0.6) is 0 Å². The van der Waals surface area contributed by atoms with Crippen LogP contribution < -0.4 is 10.6 Å². The number of halogens is 1. The molecule has 0 aliphatic carbocycles. The Morgan fingerprint density at radius 1 is 1.29 bits per heavy atom. The number of hydrogen-bond donors (Lipinski definition) is 3. The van der Waals surface area contributed by atoms with Gasteiger partial charge in [0.1, 0.15) is 0 Å². The van der Waals surface area contributed by atoms with Gasteiger partial charge in [0.15, 0.2) is 0 Å². The van der Waals surface area contributed by atoms with Crippen molar-refractivity contribution in [3.63, 3.8) is 0 Å². The fourth-order valence-corrected chi connectivity index (χ4v) is 3.59. The third kappa shape index (κ3) is 5.13. The van der Waals surface area contributed by atoms with E-state index in [2.05, 4.69) is 10.6 Å². The third-order valence-electron chi connectivity index (χ3n) is 3.29. The highest BCUT2D eigenvalue weighted by atomic mass is 35.5. The molecule has 0 saturated carbocycles. The summed E-state index contributed by atoms with van der Waals surface area (Å²) in [6.07, 6.45) is 2.23. The fourth-order valence-electron chi connectivity index (χ4n) is 2.15. The van der Waals surface area contributed by atoms with Crippen LogP contribution in [0.15, 0.2) is 18.2 Å². The normalized spacial score (nSPS) is 15.5. The lowest BCUT2D eigenvalue weighted by molar-refractivity contribution is 0.0697. The molecule has 114 valence electrons. The van der Waals surface area contributed by atoms with Gasteiger partial charge in [-0.2, -0.15) is 11.8 Å². The second kappa shape index (κ2) is 7.56. The number of aromatic carboxylic acids is 1. The molecule has 1 heterocycles. The number of carboxylic acid groups (broad SMARTS) is 1. The first-order valence-corrected chi connectivity index (χ1v) is 8.24. The summed E-state index contributed by atoms with van der Waals surface area (Å²) in [4.78, 5) is 22.8. The molecule has 0 spiro atoms. The summed E-state index contributed by atoms with van der Waals surface area (Å²) in [6.45, 7) is 0.638. The summed E-state index contributed by atoms with van der Waals surface area (Å²) in [5.74, 6) is 1.72. The lowest BCUT2D eigenvalue weighted by Gasteiger charge is -2.21. The van der Waals surface area contributed by atoms with Crippen LogP contribution in [0.1, 0.15) is 23.2 Å². The van der Waals surface area contributed by atoms with Gasteiger partial charge in [-0.05, 0) is 48.5 Å². The summed E-state index contributed by atoms with van der Waals surface area (Å²) < 4.78 is 0. The quantitative estimate of drug-likeness (QED) is 0.792. The summed E-state index contributed by atoms with van der Waals surface area (Å²) in [5, 5.41) is 14.7. The van der Waals surface area contributed by atoms with E-state index in [9.17, 15) is 9.59 Å². The molecule has 3 N–H and O–H groups in total. The van der Waals surface area contributed by atoms with Crippen molar-refractivity contribution >= 4 is 41.1 Å². The second-order valence-corrected chi connectivity index (χ2v) is 6.59. The van der Waals surface area contributed by atoms with Gasteiger partial charge < -0.3 is 15.7 Å². The molecule has 1 aromatic rings. The first kappa shape index (κ1) is 16.0. The molecular weight excluding hydrogens is 312 g/mol. The number of benzene rings is 1. The molecule has 1 saturated heterocycles. The van der Waals surface area contributed by atoms with Crippen LogP contribution in [0.25, 0.3) is 0 Å². The minimum atomic E-state index is -1.08. The summed E-state index contributed by atoms with van der Waals surface area (Å²) in [5.41, 5.74) is 0.415. The smallest absolute Gasteiger partial charge is 0.335 e. The van der Waals surface area contributed by atoms with E-state index in [4.69, 9.17) is 16.7 Å². The Bertz CT molecular complexity index is 533. The Morgan fingerprint density at radius 3 is 2.67 bits per heavy atom. The maximum Gasteiger partial charge on any atom is 0.335 e. The predicted octanol–water partition coefficient (Wildman–Crippen LogP) is 3.30. The van der Waals surface area contributed by atoms with E-state index >= 15 is 0 Å². The minimum absolute atomic E-state index is 0.0436. The zero-order valence-electron chi connectivity index (χ0n) is 11.4. The molecule has 21 heavy (non-hydrogen) atoms. The van der Waals surface area contributed by atoms with Gasteiger partial charge in [0.05, 0.1) is 5.56 Å². The average Bonchev–Trinajstić information content (AvgIpc) is 2.45. The Hall–Kier alpha value is -1.40. The fraction of sp³-hybridized carbons (Fsp3) is 0.429. The van der Waals surface area contributed by atoms with E-state index in [1.165, 1.54) is 18.2 Å². The van der Waals surface area contributed by atoms with Crippen LogP contribution in [0.4, 0.5) is 10.5 Å². The number of hydrogen-bond acceptors (Lipinski definition) is 3. The number of carboxylic acids is 1. The molecule has 0 unspecified atom stereocenters. The van der Waals surface area contributed by atoms with Crippen molar-refractivity contribution in [3.05, 3.63) is 28.8 Å². The molecular formula is C14H17ClN2O3S. The monoisotopic (exact) mass is 328 g/mol. The van der Waals surface area contributed by atoms with Gasteiger partial charge in [0.25, 0.3) is 0 Å². The lowest BCUT2D eigenvalue weighted by atomic mass is 10.0. The molecule has 7 heteroatoms. The molecule has 2 rings (SSSR count). The van der Waals surface area contributed by atoms with E-state index in [0.29, 0.717) is 18.2 Å². The highest BCUT2D eigenvalue weighted by Gasteiger charge is 2.15. The molecule has 1 aromatic carbocycles. The van der Waals surface area contributed by atoms with Crippen molar-refractivity contribution in [2.24, 2.45) is 5.92 Å². The number of amides is 2. The number of carbonyl (C=O) groups is 2. The van der Waals surface area contributed by atoms with Gasteiger partial charge >= 0.3 is 12.0 Å². The van der Waals surface area contributed by atoms with Crippen molar-refractivity contribution in [1.29, 1.82) is 0 Å². The molecule has 0 bridgehead atoms. The van der Waals surface area contributed by atoms with Crippen molar-refractivity contribution < 1.29 is 14.7 Å². The summed E-state index contributed by atoms with van der Waals surface area (Å²) >= 11 is 7.78. The standard InChI is InChI=1S/C14H17ClN2O3S/c15-11-5-10(13(18)19)6-12(7-11)17-14(20)16-8-9-1-3-21-4-2-9/h5-7,9H,1-4,8H2,(H,18,19)(H2,16,17,20). The third-order valence-corrected chi connectivity index (χ3v) is 4.56. The van der Waals surface area contributed by atoms with Crippen LogP contribution in [0, 0.1) is 5.92 Å². The van der Waals surface area contributed by atoms with Gasteiger partial charge in [-0.1, -0.05) is 11.6 Å².